The molecule has 1 aliphatic heterocycles. The number of nitrogens with zero attached hydrogens (tertiary/aromatic N) is 2. The van der Waals surface area contributed by atoms with Gasteiger partial charge in [0.25, 0.3) is 5.91 Å². The molecule has 2 N–H and O–H groups in total. The number of likely N-dealkylation sites (tertiary alicyclic amines) is 1. The summed E-state index contributed by atoms with van der Waals surface area (Å²) in [5.41, 5.74) is 2.47. The van der Waals surface area contributed by atoms with Gasteiger partial charge in [0.2, 0.25) is 0 Å². The summed E-state index contributed by atoms with van der Waals surface area (Å²) in [4.78, 5) is 19.0. The summed E-state index contributed by atoms with van der Waals surface area (Å²) in [6.07, 6.45) is 1.88. The number of nitrogens with one attached hydrogen (secondary N) is 1. The summed E-state index contributed by atoms with van der Waals surface area (Å²) in [6.45, 7) is 3.93. The van der Waals surface area contributed by atoms with Gasteiger partial charge in [-0.25, -0.2) is 0 Å². The van der Waals surface area contributed by atoms with Crippen LogP contribution in [-0.4, -0.2) is 53.2 Å². The number of ether oxygens (including phenoxy) is 1. The number of benzene rings is 1. The number of methoxy groups -OCH3 is 1. The second-order valence-corrected chi connectivity index (χ2v) is 6.68. The maximum absolute atomic E-state index is 12.5. The van der Waals surface area contributed by atoms with Crippen molar-refractivity contribution in [1.82, 2.24) is 15.2 Å². The number of aliphatic hydroxyl groups excluding tert-OH is 1. The molecule has 6 nitrogen and oxygen atoms in total. The molecule has 1 aliphatic rings. The quantitative estimate of drug-likeness (QED) is 0.855. The number of aliphatic hydroxyl groups is 1. The second-order valence-electron chi connectivity index (χ2n) is 6.68. The number of rotatable bonds is 5. The lowest BCUT2D eigenvalue weighted by atomic mass is 10.0. The number of carbonyl (C=O) groups excluding carboxylic acids is 1. The minimum Gasteiger partial charge on any atom is -0.496 e. The van der Waals surface area contributed by atoms with Gasteiger partial charge < -0.3 is 15.2 Å². The van der Waals surface area contributed by atoms with Crippen LogP contribution in [0.1, 0.15) is 28.0 Å². The largest absolute Gasteiger partial charge is 0.496 e. The fourth-order valence-corrected chi connectivity index (χ4v) is 3.30. The van der Waals surface area contributed by atoms with Gasteiger partial charge >= 0.3 is 0 Å². The van der Waals surface area contributed by atoms with Gasteiger partial charge in [0.15, 0.2) is 0 Å². The Balaban J connectivity index is 1.56. The molecule has 2 aromatic rings. The molecule has 1 fully saturated rings. The first-order valence-corrected chi connectivity index (χ1v) is 8.82. The first kappa shape index (κ1) is 18.4. The van der Waals surface area contributed by atoms with Gasteiger partial charge in [-0.05, 0) is 49.2 Å². The SMILES string of the molecule is COc1ccc(C(=O)N[C@@H]2CCN(Cc3ccccn3)C[C@H]2O)cc1C. The third-order valence-electron chi connectivity index (χ3n) is 4.75. The number of pyridine rings is 1. The number of carbonyl (C=O) groups is 1. The minimum absolute atomic E-state index is 0.169. The van der Waals surface area contributed by atoms with Crippen molar-refractivity contribution >= 4 is 5.91 Å². The molecule has 0 saturated carbocycles. The zero-order chi connectivity index (χ0) is 18.5. The summed E-state index contributed by atoms with van der Waals surface area (Å²) in [7, 11) is 1.61. The van der Waals surface area contributed by atoms with Crippen LogP contribution in [0.3, 0.4) is 0 Å². The molecule has 1 saturated heterocycles. The van der Waals surface area contributed by atoms with Crippen LogP contribution in [-0.2, 0) is 6.54 Å². The summed E-state index contributed by atoms with van der Waals surface area (Å²) in [5.74, 6) is 0.586. The van der Waals surface area contributed by atoms with E-state index in [1.807, 2.05) is 25.1 Å². The number of hydrogen-bond acceptors (Lipinski definition) is 5. The van der Waals surface area contributed by atoms with Crippen LogP contribution in [0.25, 0.3) is 0 Å². The Morgan fingerprint density at radius 2 is 2.23 bits per heavy atom. The maximum Gasteiger partial charge on any atom is 0.251 e. The number of β-amino-alcohol motifs (C(OH)–C–C–N with tert-alkyl or cyclic N) is 1. The standard InChI is InChI=1S/C20H25N3O3/c1-14-11-15(6-7-19(14)26-2)20(25)22-17-8-10-23(13-18(17)24)12-16-5-3-4-9-21-16/h3-7,9,11,17-18,24H,8,10,12-13H2,1-2H3,(H,22,25)/t17-,18-/m1/s1. The van der Waals surface area contributed by atoms with Crippen molar-refractivity contribution in [2.24, 2.45) is 0 Å². The average molecular weight is 355 g/mol. The molecule has 2 atom stereocenters. The van der Waals surface area contributed by atoms with Crippen LogP contribution < -0.4 is 10.1 Å². The summed E-state index contributed by atoms with van der Waals surface area (Å²) in [6, 6.07) is 10.9. The Bertz CT molecular complexity index is 751. The monoisotopic (exact) mass is 355 g/mol. The van der Waals surface area contributed by atoms with Gasteiger partial charge in [-0.15, -0.1) is 0 Å². The zero-order valence-corrected chi connectivity index (χ0v) is 15.2. The summed E-state index contributed by atoms with van der Waals surface area (Å²) in [5, 5.41) is 13.4. The molecule has 3 rings (SSSR count). The van der Waals surface area contributed by atoms with Crippen LogP contribution in [0.5, 0.6) is 5.75 Å². The molecule has 1 aromatic carbocycles. The molecule has 138 valence electrons. The van der Waals surface area contributed by atoms with Crippen LogP contribution in [0.2, 0.25) is 0 Å². The van der Waals surface area contributed by atoms with Crippen LogP contribution in [0.4, 0.5) is 0 Å². The number of piperidine rings is 1. The molecule has 0 radical (unpaired) electrons. The third-order valence-corrected chi connectivity index (χ3v) is 4.75. The van der Waals surface area contributed by atoms with E-state index in [-0.39, 0.29) is 11.9 Å². The third kappa shape index (κ3) is 4.39. The number of amides is 1. The molecular weight excluding hydrogens is 330 g/mol. The maximum atomic E-state index is 12.5. The number of aromatic nitrogens is 1. The Morgan fingerprint density at radius 1 is 1.38 bits per heavy atom. The van der Waals surface area contributed by atoms with Crippen molar-refractivity contribution in [3.63, 3.8) is 0 Å². The van der Waals surface area contributed by atoms with Gasteiger partial charge in [0.1, 0.15) is 5.75 Å². The number of hydrogen-bond donors (Lipinski definition) is 2. The van der Waals surface area contributed by atoms with Crippen LogP contribution in [0.15, 0.2) is 42.6 Å². The van der Waals surface area contributed by atoms with Gasteiger partial charge in [-0.1, -0.05) is 6.07 Å². The average Bonchev–Trinajstić information content (AvgIpc) is 2.64. The molecular formula is C20H25N3O3. The molecule has 0 unspecified atom stereocenters. The van der Waals surface area contributed by atoms with E-state index in [1.165, 1.54) is 0 Å². The molecule has 26 heavy (non-hydrogen) atoms. The van der Waals surface area contributed by atoms with E-state index >= 15 is 0 Å². The predicted octanol–water partition coefficient (Wildman–Crippen LogP) is 1.76. The Kier molecular flexibility index (Phi) is 5.85. The lowest BCUT2D eigenvalue weighted by Crippen LogP contribution is -2.53. The van der Waals surface area contributed by atoms with Crippen molar-refractivity contribution in [2.45, 2.75) is 32.0 Å². The smallest absolute Gasteiger partial charge is 0.251 e. The van der Waals surface area contributed by atoms with E-state index in [9.17, 15) is 9.90 Å². The highest BCUT2D eigenvalue weighted by atomic mass is 16.5. The van der Waals surface area contributed by atoms with Crippen LogP contribution in [0, 0.1) is 6.92 Å². The Labute approximate surface area is 153 Å². The van der Waals surface area contributed by atoms with E-state index in [0.29, 0.717) is 25.1 Å². The van der Waals surface area contributed by atoms with Gasteiger partial charge in [0, 0.05) is 31.4 Å². The normalized spacial score (nSPS) is 20.6. The van der Waals surface area contributed by atoms with E-state index < -0.39 is 6.10 Å². The molecule has 2 heterocycles. The molecule has 1 amide bonds. The summed E-state index contributed by atoms with van der Waals surface area (Å²) < 4.78 is 5.23. The Hall–Kier alpha value is -2.44. The molecule has 6 heteroatoms. The second kappa shape index (κ2) is 8.29. The number of aryl methyl sites for hydroxylation is 1. The lowest BCUT2D eigenvalue weighted by Gasteiger charge is -2.36. The van der Waals surface area contributed by atoms with Crippen molar-refractivity contribution in [3.8, 4) is 5.75 Å². The lowest BCUT2D eigenvalue weighted by molar-refractivity contribution is 0.0345. The highest BCUT2D eigenvalue weighted by Gasteiger charge is 2.29. The first-order chi connectivity index (χ1) is 12.6. The predicted molar refractivity (Wildman–Crippen MR) is 99.1 cm³/mol. The first-order valence-electron chi connectivity index (χ1n) is 8.82. The van der Waals surface area contributed by atoms with E-state index in [0.717, 1.165) is 23.6 Å². The minimum atomic E-state index is -0.601. The Morgan fingerprint density at radius 3 is 2.88 bits per heavy atom. The highest BCUT2D eigenvalue weighted by Crippen LogP contribution is 2.19. The van der Waals surface area contributed by atoms with Crippen LogP contribution >= 0.6 is 0 Å². The molecule has 1 aromatic heterocycles. The van der Waals surface area contributed by atoms with Crippen molar-refractivity contribution in [2.75, 3.05) is 20.2 Å². The highest BCUT2D eigenvalue weighted by molar-refractivity contribution is 5.94. The van der Waals surface area contributed by atoms with Gasteiger partial charge in [-0.2, -0.15) is 0 Å². The van der Waals surface area contributed by atoms with Crippen molar-refractivity contribution < 1.29 is 14.6 Å². The van der Waals surface area contributed by atoms with E-state index in [4.69, 9.17) is 4.74 Å². The molecule has 0 spiro atoms. The van der Waals surface area contributed by atoms with E-state index in [2.05, 4.69) is 15.2 Å². The summed E-state index contributed by atoms with van der Waals surface area (Å²) >= 11 is 0. The van der Waals surface area contributed by atoms with Crippen molar-refractivity contribution in [1.29, 1.82) is 0 Å². The fraction of sp³-hybridized carbons (Fsp3) is 0.400. The van der Waals surface area contributed by atoms with Crippen molar-refractivity contribution in [3.05, 3.63) is 59.4 Å². The fourth-order valence-electron chi connectivity index (χ4n) is 3.30. The van der Waals surface area contributed by atoms with E-state index in [1.54, 1.807) is 31.5 Å². The zero-order valence-electron chi connectivity index (χ0n) is 15.2. The molecule has 0 bridgehead atoms. The topological polar surface area (TPSA) is 74.7 Å². The van der Waals surface area contributed by atoms with Gasteiger partial charge in [0.05, 0.1) is 24.9 Å². The molecule has 0 aliphatic carbocycles. The van der Waals surface area contributed by atoms with Gasteiger partial charge in [-0.3, -0.25) is 14.7 Å².